The van der Waals surface area contributed by atoms with Crippen LogP contribution in [0.15, 0.2) is 24.3 Å². The van der Waals surface area contributed by atoms with Crippen molar-refractivity contribution in [3.63, 3.8) is 0 Å². The molecule has 4 heteroatoms. The normalized spacial score (nSPS) is 12.7. The Balaban J connectivity index is 2.40. The summed E-state index contributed by atoms with van der Waals surface area (Å²) in [6, 6.07) is 8.13. The topological polar surface area (TPSA) is 47.7 Å². The molecule has 0 amide bonds. The molecule has 0 aliphatic heterocycles. The maximum atomic E-state index is 6.24. The molecule has 0 saturated carbocycles. The van der Waals surface area contributed by atoms with Gasteiger partial charge < -0.3 is 20.1 Å². The molecule has 2 N–H and O–H groups in total. The van der Waals surface area contributed by atoms with Crippen LogP contribution in [0, 0.1) is 0 Å². The van der Waals surface area contributed by atoms with Crippen LogP contribution in [-0.2, 0) is 4.74 Å². The first kappa shape index (κ1) is 17.0. The highest BCUT2D eigenvalue weighted by molar-refractivity contribution is 5.29. The van der Waals surface area contributed by atoms with Crippen LogP contribution < -0.4 is 10.5 Å². The van der Waals surface area contributed by atoms with Gasteiger partial charge in [0.2, 0.25) is 0 Å². The van der Waals surface area contributed by atoms with E-state index >= 15 is 0 Å². The van der Waals surface area contributed by atoms with Gasteiger partial charge >= 0.3 is 0 Å². The zero-order valence-electron chi connectivity index (χ0n) is 13.0. The second-order valence-electron chi connectivity index (χ2n) is 5.13. The SMILES string of the molecule is CCCOc1ccc(C(N)CN(C)CCCOC)cc1. The summed E-state index contributed by atoms with van der Waals surface area (Å²) in [7, 11) is 3.82. The number of hydrogen-bond acceptors (Lipinski definition) is 4. The smallest absolute Gasteiger partial charge is 0.119 e. The van der Waals surface area contributed by atoms with E-state index in [9.17, 15) is 0 Å². The van der Waals surface area contributed by atoms with E-state index in [0.717, 1.165) is 50.5 Å². The highest BCUT2D eigenvalue weighted by atomic mass is 16.5. The first-order valence-electron chi connectivity index (χ1n) is 7.33. The lowest BCUT2D eigenvalue weighted by atomic mass is 10.1. The van der Waals surface area contributed by atoms with Gasteiger partial charge in [-0.15, -0.1) is 0 Å². The molecule has 0 aliphatic rings. The molecule has 1 rings (SSSR count). The van der Waals surface area contributed by atoms with E-state index in [2.05, 4.69) is 31.0 Å². The van der Waals surface area contributed by atoms with Crippen LogP contribution in [0.5, 0.6) is 5.75 Å². The zero-order chi connectivity index (χ0) is 14.8. The minimum atomic E-state index is 0.0303. The molecule has 1 atom stereocenters. The Morgan fingerprint density at radius 3 is 2.50 bits per heavy atom. The summed E-state index contributed by atoms with van der Waals surface area (Å²) in [6.45, 7) is 5.50. The van der Waals surface area contributed by atoms with Crippen molar-refractivity contribution in [3.05, 3.63) is 29.8 Å². The molecule has 1 aromatic carbocycles. The van der Waals surface area contributed by atoms with Gasteiger partial charge in [-0.3, -0.25) is 0 Å². The van der Waals surface area contributed by atoms with E-state index in [1.54, 1.807) is 7.11 Å². The third-order valence-electron chi connectivity index (χ3n) is 3.18. The molecule has 0 aliphatic carbocycles. The number of rotatable bonds is 10. The Bertz CT molecular complexity index is 354. The average molecular weight is 280 g/mol. The van der Waals surface area contributed by atoms with Gasteiger partial charge in [0.1, 0.15) is 5.75 Å². The molecular formula is C16H28N2O2. The number of nitrogens with two attached hydrogens (primary N) is 1. The van der Waals surface area contributed by atoms with Crippen molar-refractivity contribution in [2.45, 2.75) is 25.8 Å². The summed E-state index contributed by atoms with van der Waals surface area (Å²) in [5, 5.41) is 0. The van der Waals surface area contributed by atoms with E-state index in [1.165, 1.54) is 0 Å². The molecule has 0 fully saturated rings. The Morgan fingerprint density at radius 2 is 1.90 bits per heavy atom. The molecule has 20 heavy (non-hydrogen) atoms. The Hall–Kier alpha value is -1.10. The minimum Gasteiger partial charge on any atom is -0.494 e. The predicted molar refractivity (Wildman–Crippen MR) is 83.1 cm³/mol. The van der Waals surface area contributed by atoms with E-state index in [0.29, 0.717) is 0 Å². The first-order valence-corrected chi connectivity index (χ1v) is 7.33. The van der Waals surface area contributed by atoms with Crippen LogP contribution in [0.25, 0.3) is 0 Å². The van der Waals surface area contributed by atoms with Crippen LogP contribution in [-0.4, -0.2) is 45.4 Å². The van der Waals surface area contributed by atoms with Gasteiger partial charge in [0.05, 0.1) is 6.61 Å². The summed E-state index contributed by atoms with van der Waals surface area (Å²) in [4.78, 5) is 2.24. The van der Waals surface area contributed by atoms with Gasteiger partial charge in [0.15, 0.2) is 0 Å². The quantitative estimate of drug-likeness (QED) is 0.669. The molecule has 0 heterocycles. The summed E-state index contributed by atoms with van der Waals surface area (Å²) in [5.74, 6) is 0.913. The highest BCUT2D eigenvalue weighted by Crippen LogP contribution is 2.17. The van der Waals surface area contributed by atoms with Crippen molar-refractivity contribution in [2.24, 2.45) is 5.73 Å². The highest BCUT2D eigenvalue weighted by Gasteiger charge is 2.09. The minimum absolute atomic E-state index is 0.0303. The van der Waals surface area contributed by atoms with Gasteiger partial charge in [-0.1, -0.05) is 19.1 Å². The predicted octanol–water partition coefficient (Wildman–Crippen LogP) is 2.44. The maximum absolute atomic E-state index is 6.24. The van der Waals surface area contributed by atoms with Crippen molar-refractivity contribution in [2.75, 3.05) is 40.5 Å². The van der Waals surface area contributed by atoms with E-state index in [1.807, 2.05) is 12.1 Å². The number of nitrogens with zero attached hydrogens (tertiary/aromatic N) is 1. The first-order chi connectivity index (χ1) is 9.67. The largest absolute Gasteiger partial charge is 0.494 e. The summed E-state index contributed by atoms with van der Waals surface area (Å²) >= 11 is 0. The zero-order valence-corrected chi connectivity index (χ0v) is 13.0. The standard InChI is InChI=1S/C16H28N2O2/c1-4-11-20-15-8-6-14(7-9-15)16(17)13-18(2)10-5-12-19-3/h6-9,16H,4-5,10-13,17H2,1-3H3. The lowest BCUT2D eigenvalue weighted by molar-refractivity contribution is 0.177. The van der Waals surface area contributed by atoms with E-state index in [4.69, 9.17) is 15.2 Å². The van der Waals surface area contributed by atoms with Crippen molar-refractivity contribution in [3.8, 4) is 5.75 Å². The Morgan fingerprint density at radius 1 is 1.20 bits per heavy atom. The molecule has 0 saturated heterocycles. The molecule has 1 aromatic rings. The second kappa shape index (κ2) is 9.75. The Kier molecular flexibility index (Phi) is 8.26. The number of hydrogen-bond donors (Lipinski definition) is 1. The lowest BCUT2D eigenvalue weighted by Gasteiger charge is -2.21. The van der Waals surface area contributed by atoms with E-state index in [-0.39, 0.29) is 6.04 Å². The lowest BCUT2D eigenvalue weighted by Crippen LogP contribution is -2.30. The third kappa shape index (κ3) is 6.37. The van der Waals surface area contributed by atoms with Crippen LogP contribution >= 0.6 is 0 Å². The molecule has 0 spiro atoms. The summed E-state index contributed by atoms with van der Waals surface area (Å²) in [6.07, 6.45) is 2.05. The number of benzene rings is 1. The summed E-state index contributed by atoms with van der Waals surface area (Å²) in [5.41, 5.74) is 7.38. The molecule has 0 bridgehead atoms. The fourth-order valence-electron chi connectivity index (χ4n) is 2.04. The third-order valence-corrected chi connectivity index (χ3v) is 3.18. The average Bonchev–Trinajstić information content (AvgIpc) is 2.46. The second-order valence-corrected chi connectivity index (χ2v) is 5.13. The maximum Gasteiger partial charge on any atom is 0.119 e. The van der Waals surface area contributed by atoms with Crippen molar-refractivity contribution < 1.29 is 9.47 Å². The van der Waals surface area contributed by atoms with Crippen LogP contribution in [0.3, 0.4) is 0 Å². The Labute approximate surface area is 122 Å². The molecule has 4 nitrogen and oxygen atoms in total. The molecule has 1 unspecified atom stereocenters. The monoisotopic (exact) mass is 280 g/mol. The molecular weight excluding hydrogens is 252 g/mol. The molecule has 0 aromatic heterocycles. The van der Waals surface area contributed by atoms with Gasteiger partial charge in [0, 0.05) is 32.8 Å². The van der Waals surface area contributed by atoms with Crippen molar-refractivity contribution in [1.82, 2.24) is 4.90 Å². The van der Waals surface area contributed by atoms with Gasteiger partial charge in [-0.2, -0.15) is 0 Å². The van der Waals surface area contributed by atoms with Crippen molar-refractivity contribution in [1.29, 1.82) is 0 Å². The van der Waals surface area contributed by atoms with Gasteiger partial charge in [-0.25, -0.2) is 0 Å². The fraction of sp³-hybridized carbons (Fsp3) is 0.625. The number of methoxy groups -OCH3 is 1. The molecule has 114 valence electrons. The van der Waals surface area contributed by atoms with Crippen LogP contribution in [0.1, 0.15) is 31.4 Å². The molecule has 0 radical (unpaired) electrons. The van der Waals surface area contributed by atoms with Crippen LogP contribution in [0.4, 0.5) is 0 Å². The van der Waals surface area contributed by atoms with Crippen molar-refractivity contribution >= 4 is 0 Å². The van der Waals surface area contributed by atoms with Crippen LogP contribution in [0.2, 0.25) is 0 Å². The number of ether oxygens (including phenoxy) is 2. The summed E-state index contributed by atoms with van der Waals surface area (Å²) < 4.78 is 10.6. The fourth-order valence-corrected chi connectivity index (χ4v) is 2.04. The van der Waals surface area contributed by atoms with Gasteiger partial charge in [-0.05, 0) is 37.6 Å². The van der Waals surface area contributed by atoms with E-state index < -0.39 is 0 Å². The van der Waals surface area contributed by atoms with Gasteiger partial charge in [0.25, 0.3) is 0 Å². The number of likely N-dealkylation sites (N-methyl/N-ethyl adjacent to an activating group) is 1.